The fourth-order valence-electron chi connectivity index (χ4n) is 0. The van der Waals surface area contributed by atoms with Crippen molar-refractivity contribution in [3.8, 4) is 0 Å². The van der Waals surface area contributed by atoms with Crippen LogP contribution >= 0.6 is 0 Å². The van der Waals surface area contributed by atoms with Crippen LogP contribution in [0.1, 0.15) is 415 Å². The lowest BCUT2D eigenvalue weighted by molar-refractivity contribution is 1.50. The predicted octanol–water partition coefficient (Wildman–Crippen LogP) is 34.0. The number of hydrogen-bond acceptors (Lipinski definition) is 0. The van der Waals surface area contributed by atoms with Crippen molar-refractivity contribution < 1.29 is 0 Å². The first-order chi connectivity index (χ1) is 34.0. The van der Waals surface area contributed by atoms with E-state index in [1.165, 1.54) is 0 Å². The average molecular weight is 1010 g/mol. The molecular formula is C68H196. The third kappa shape index (κ3) is 246000. The zero-order valence-electron chi connectivity index (χ0n) is 65.7. The molecule has 0 aromatic rings. The highest BCUT2D eigenvalue weighted by atomic mass is 13.1. The highest BCUT2D eigenvalue weighted by Gasteiger charge is 0.991. The normalized spacial score (nSPS) is 2.88. The van der Waals surface area contributed by atoms with Crippen molar-refractivity contribution in [3.63, 3.8) is 0 Å². The van der Waals surface area contributed by atoms with Gasteiger partial charge in [0.2, 0.25) is 0 Å². The third-order valence-electron chi connectivity index (χ3n) is 0. The van der Waals surface area contributed by atoms with E-state index in [1.807, 2.05) is 415 Å². The lowest BCUT2D eigenvalue weighted by atomic mass is 11.0. The maximum Gasteiger partial charge on any atom is -0.0683 e. The van der Waals surface area contributed by atoms with E-state index >= 15 is 0 Å². The molecule has 0 radical (unpaired) electrons. The van der Waals surface area contributed by atoms with E-state index < -0.39 is 0 Å². The van der Waals surface area contributed by atoms with Crippen LogP contribution in [0.2, 0.25) is 0 Å². The molecular weight excluding hydrogens is 817 g/mol. The average Bonchev–Trinajstić information content (AvgIpc) is 3.59. The summed E-state index contributed by atoms with van der Waals surface area (Å²) in [6.07, 6.45) is 0. The summed E-state index contributed by atoms with van der Waals surface area (Å²) >= 11 is 0. The molecule has 0 aromatic heterocycles. The first-order valence-electron chi connectivity index (χ1n) is 32.0. The molecule has 0 nitrogen and oxygen atoms in total. The van der Waals surface area contributed by atoms with Crippen LogP contribution in [0.3, 0.4) is 0 Å². The molecule has 468 valence electrons. The molecule has 0 aliphatic heterocycles. The molecule has 0 atom stereocenters. The summed E-state index contributed by atoms with van der Waals surface area (Å²) in [4.78, 5) is 0. The minimum Gasteiger partial charge on any atom is -0.106 e. The standard InChI is InChI=1S/30C2H6.4C2H4/c34*1-2/h30*1-2H3;4*1-2H2. The molecule has 0 aromatic carbocycles. The fourth-order valence-corrected chi connectivity index (χ4v) is 0. The lowest BCUT2D eigenvalue weighted by Gasteiger charge is -1.07. The van der Waals surface area contributed by atoms with Gasteiger partial charge in [0.1, 0.15) is 0 Å². The van der Waals surface area contributed by atoms with Gasteiger partial charge in [-0.05, 0) is 0 Å². The number of hydrogen-bond donors (Lipinski definition) is 0. The second-order valence-corrected chi connectivity index (χ2v) is 0. The molecule has 0 fully saturated rings. The smallest absolute Gasteiger partial charge is 0.0683 e. The van der Waals surface area contributed by atoms with Crippen LogP contribution in [0, 0.1) is 0 Å². The SMILES string of the molecule is C=C.C=C.C=C.C=C.CC.CC.CC.CC.CC.CC.CC.CC.CC.CC.CC.CC.CC.CC.CC.CC.CC.CC.CC.CC.CC.CC.CC.CC.CC.CC.CC.CC.CC.CC. The van der Waals surface area contributed by atoms with Gasteiger partial charge in [0, 0.05) is 0 Å². The quantitative estimate of drug-likeness (QED) is 0.212. The molecule has 0 saturated carbocycles. The van der Waals surface area contributed by atoms with Crippen LogP contribution in [0.15, 0.2) is 52.6 Å². The maximum atomic E-state index is 3.00. The Morgan fingerprint density at radius 3 is 0.0588 bits per heavy atom. The Hall–Kier alpha value is -1.04. The predicted molar refractivity (Wildman–Crippen MR) is 385 cm³/mol. The topological polar surface area (TPSA) is 0 Å². The molecule has 0 bridgehead atoms. The van der Waals surface area contributed by atoms with Crippen LogP contribution in [0.5, 0.6) is 0 Å². The molecule has 0 aliphatic carbocycles. The van der Waals surface area contributed by atoms with Crippen LogP contribution in [-0.4, -0.2) is 0 Å². The Morgan fingerprint density at radius 1 is 0.0588 bits per heavy atom. The van der Waals surface area contributed by atoms with E-state index in [2.05, 4.69) is 52.6 Å². The molecule has 0 spiro atoms. The monoisotopic (exact) mass is 1010 g/mol. The van der Waals surface area contributed by atoms with E-state index in [0.717, 1.165) is 0 Å². The Morgan fingerprint density at radius 2 is 0.0588 bits per heavy atom. The summed E-state index contributed by atoms with van der Waals surface area (Å²) in [5.74, 6) is 0. The summed E-state index contributed by atoms with van der Waals surface area (Å²) in [7, 11) is 0. The van der Waals surface area contributed by atoms with Gasteiger partial charge in [-0.1, -0.05) is 415 Å². The minimum absolute atomic E-state index is 2.00. The van der Waals surface area contributed by atoms with Crippen molar-refractivity contribution in [2.45, 2.75) is 415 Å². The maximum absolute atomic E-state index is 3.00. The summed E-state index contributed by atoms with van der Waals surface area (Å²) < 4.78 is 0. The van der Waals surface area contributed by atoms with Crippen molar-refractivity contribution >= 4 is 0 Å². The van der Waals surface area contributed by atoms with E-state index in [9.17, 15) is 0 Å². The molecule has 0 aliphatic rings. The molecule has 0 N–H and O–H groups in total. The molecule has 0 heteroatoms. The summed E-state index contributed by atoms with van der Waals surface area (Å²) in [6.45, 7) is 144. The van der Waals surface area contributed by atoms with Gasteiger partial charge in [0.05, 0.1) is 0 Å². The van der Waals surface area contributed by atoms with E-state index in [4.69, 9.17) is 0 Å². The first kappa shape index (κ1) is 268. The molecule has 68 heavy (non-hydrogen) atoms. The lowest BCUT2D eigenvalue weighted by Crippen LogP contribution is -0.856. The van der Waals surface area contributed by atoms with Gasteiger partial charge >= 0.3 is 0 Å². The van der Waals surface area contributed by atoms with E-state index in [0.29, 0.717) is 0 Å². The van der Waals surface area contributed by atoms with Crippen LogP contribution in [-0.2, 0) is 0 Å². The Bertz CT molecular complexity index is 8.00. The molecule has 0 saturated heterocycles. The third-order valence-corrected chi connectivity index (χ3v) is 0. The molecule has 0 amide bonds. The largest absolute Gasteiger partial charge is 0.106 e. The zero-order chi connectivity index (χ0) is 68.0. The number of rotatable bonds is 0. The highest BCUT2D eigenvalue weighted by molar-refractivity contribution is 4.23. The fraction of sp³-hybridized carbons (Fsp3) is 0.882. The van der Waals surface area contributed by atoms with Crippen molar-refractivity contribution in [2.24, 2.45) is 0 Å². The van der Waals surface area contributed by atoms with Gasteiger partial charge in [-0.3, -0.25) is 0 Å². The summed E-state index contributed by atoms with van der Waals surface area (Å²) in [6, 6.07) is 0. The zero-order valence-corrected chi connectivity index (χ0v) is 65.7. The van der Waals surface area contributed by atoms with E-state index in [1.54, 1.807) is 0 Å². The first-order valence-corrected chi connectivity index (χ1v) is 32.0. The van der Waals surface area contributed by atoms with E-state index in [-0.39, 0.29) is 0 Å². The van der Waals surface area contributed by atoms with Crippen LogP contribution < -0.4 is 0 Å². The van der Waals surface area contributed by atoms with Crippen molar-refractivity contribution in [2.75, 3.05) is 0 Å². The summed E-state index contributed by atoms with van der Waals surface area (Å²) in [5, 5.41) is 0. The van der Waals surface area contributed by atoms with Crippen molar-refractivity contribution in [1.82, 2.24) is 0 Å². The van der Waals surface area contributed by atoms with Gasteiger partial charge < -0.3 is 0 Å². The molecule has 0 unspecified atom stereocenters. The Balaban J connectivity index is -0.00000000547. The van der Waals surface area contributed by atoms with Gasteiger partial charge in [0.25, 0.3) is 0 Å². The Labute approximate surface area is 466 Å². The minimum atomic E-state index is 2.00. The van der Waals surface area contributed by atoms with Gasteiger partial charge in [-0.2, -0.15) is 0 Å². The Kier molecular flexibility index (Phi) is 1010000. The van der Waals surface area contributed by atoms with Crippen molar-refractivity contribution in [3.05, 3.63) is 52.6 Å². The van der Waals surface area contributed by atoms with Crippen LogP contribution in [0.25, 0.3) is 0 Å². The second-order valence-electron chi connectivity index (χ2n) is 0. The second kappa shape index (κ2) is 257000. The molecule has 0 rings (SSSR count). The van der Waals surface area contributed by atoms with Gasteiger partial charge in [0.15, 0.2) is 0 Å². The molecule has 0 heterocycles. The highest BCUT2D eigenvalue weighted by Crippen LogP contribution is 1.20. The van der Waals surface area contributed by atoms with Crippen molar-refractivity contribution in [1.29, 1.82) is 0 Å². The van der Waals surface area contributed by atoms with Crippen LogP contribution in [0.4, 0.5) is 0 Å². The van der Waals surface area contributed by atoms with Gasteiger partial charge in [-0.15, -0.1) is 52.6 Å². The van der Waals surface area contributed by atoms with Gasteiger partial charge in [-0.25, -0.2) is 0 Å². The summed E-state index contributed by atoms with van der Waals surface area (Å²) in [5.41, 5.74) is 0.